The number of nitrogens with zero attached hydrogens (tertiary/aromatic N) is 2. The Kier molecular flexibility index (Phi) is 2.23. The van der Waals surface area contributed by atoms with E-state index >= 15 is 0 Å². The maximum atomic E-state index is 9.36. The molecule has 2 nitrogen and oxygen atoms in total. The summed E-state index contributed by atoms with van der Waals surface area (Å²) < 4.78 is 0. The van der Waals surface area contributed by atoms with E-state index in [4.69, 9.17) is 5.26 Å². The molecular formula is C12H16N2. The van der Waals surface area contributed by atoms with E-state index in [9.17, 15) is 5.26 Å². The second-order valence-corrected chi connectivity index (χ2v) is 4.92. The monoisotopic (exact) mass is 188 g/mol. The predicted octanol–water partition coefficient (Wildman–Crippen LogP) is 2.87. The summed E-state index contributed by atoms with van der Waals surface area (Å²) >= 11 is 0. The molecule has 3 rings (SSSR count). The molecule has 0 radical (unpaired) electrons. The van der Waals surface area contributed by atoms with E-state index in [1.165, 1.54) is 25.7 Å². The van der Waals surface area contributed by atoms with Crippen LogP contribution in [0.25, 0.3) is 0 Å². The first-order valence-electron chi connectivity index (χ1n) is 5.54. The molecule has 14 heavy (non-hydrogen) atoms. The second-order valence-electron chi connectivity index (χ2n) is 4.92. The van der Waals surface area contributed by atoms with Crippen LogP contribution < -0.4 is 0 Å². The van der Waals surface area contributed by atoms with Gasteiger partial charge in [-0.1, -0.05) is 12.8 Å². The van der Waals surface area contributed by atoms with Crippen LogP contribution in [0.1, 0.15) is 39.0 Å². The fourth-order valence-corrected chi connectivity index (χ4v) is 3.41. The summed E-state index contributed by atoms with van der Waals surface area (Å²) in [6, 6.07) is 4.77. The van der Waals surface area contributed by atoms with Crippen LogP contribution in [-0.2, 0) is 0 Å². The molecule has 0 spiro atoms. The molecule has 3 aliphatic carbocycles. The summed E-state index contributed by atoms with van der Waals surface area (Å²) in [6.45, 7) is 1.92. The molecule has 2 unspecified atom stereocenters. The highest BCUT2D eigenvalue weighted by Crippen LogP contribution is 2.55. The minimum atomic E-state index is -0.310. The van der Waals surface area contributed by atoms with Crippen molar-refractivity contribution in [2.75, 3.05) is 0 Å². The van der Waals surface area contributed by atoms with Crippen LogP contribution >= 0.6 is 0 Å². The third-order valence-electron chi connectivity index (χ3n) is 4.38. The molecule has 0 saturated heterocycles. The van der Waals surface area contributed by atoms with Crippen LogP contribution in [0.15, 0.2) is 0 Å². The Hall–Kier alpha value is -1.02. The summed E-state index contributed by atoms with van der Waals surface area (Å²) in [7, 11) is 0. The number of fused-ring (bicyclic) bond motifs is 3. The van der Waals surface area contributed by atoms with Crippen molar-refractivity contribution < 1.29 is 0 Å². The Morgan fingerprint density at radius 1 is 1.21 bits per heavy atom. The summed E-state index contributed by atoms with van der Waals surface area (Å²) in [6.07, 6.45) is 5.88. The third kappa shape index (κ3) is 1.14. The van der Waals surface area contributed by atoms with Gasteiger partial charge in [0.2, 0.25) is 0 Å². The van der Waals surface area contributed by atoms with Crippen LogP contribution in [0.5, 0.6) is 0 Å². The number of hydrogen-bond donors (Lipinski definition) is 0. The molecule has 0 aromatic heterocycles. The van der Waals surface area contributed by atoms with Crippen LogP contribution in [0, 0.1) is 45.8 Å². The van der Waals surface area contributed by atoms with Crippen molar-refractivity contribution in [3.63, 3.8) is 0 Å². The van der Waals surface area contributed by atoms with E-state index in [-0.39, 0.29) is 11.3 Å². The summed E-state index contributed by atoms with van der Waals surface area (Å²) in [5.74, 6) is 1.11. The second kappa shape index (κ2) is 3.28. The van der Waals surface area contributed by atoms with Gasteiger partial charge in [-0.15, -0.1) is 0 Å². The van der Waals surface area contributed by atoms with Crippen molar-refractivity contribution >= 4 is 0 Å². The fourth-order valence-electron chi connectivity index (χ4n) is 3.41. The number of rotatable bonds is 1. The lowest BCUT2D eigenvalue weighted by Gasteiger charge is -2.49. The molecule has 2 atom stereocenters. The Morgan fingerprint density at radius 2 is 1.86 bits per heavy atom. The zero-order valence-electron chi connectivity index (χ0n) is 8.66. The van der Waals surface area contributed by atoms with Gasteiger partial charge in [-0.3, -0.25) is 0 Å². The zero-order chi connectivity index (χ0) is 10.2. The summed E-state index contributed by atoms with van der Waals surface area (Å²) in [5.41, 5.74) is -0.310. The van der Waals surface area contributed by atoms with E-state index in [0.717, 1.165) is 12.3 Å². The zero-order valence-corrected chi connectivity index (χ0v) is 8.66. The highest BCUT2D eigenvalue weighted by Gasteiger charge is 2.51. The lowest BCUT2D eigenvalue weighted by atomic mass is 9.53. The van der Waals surface area contributed by atoms with Gasteiger partial charge < -0.3 is 0 Å². The van der Waals surface area contributed by atoms with Crippen molar-refractivity contribution in [1.29, 1.82) is 10.5 Å². The summed E-state index contributed by atoms with van der Waals surface area (Å²) in [5, 5.41) is 18.4. The van der Waals surface area contributed by atoms with Gasteiger partial charge in [-0.25, -0.2) is 0 Å². The molecule has 74 valence electrons. The predicted molar refractivity (Wildman–Crippen MR) is 52.9 cm³/mol. The Labute approximate surface area is 85.5 Å². The standard InChI is InChI=1S/C12H16N2/c1-9(7-13)12(8-14)6-10-2-4-11(12)5-3-10/h9-11H,2-6H2,1H3. The quantitative estimate of drug-likeness (QED) is 0.635. The van der Waals surface area contributed by atoms with Crippen molar-refractivity contribution in [1.82, 2.24) is 0 Å². The fraction of sp³-hybridized carbons (Fsp3) is 0.833. The van der Waals surface area contributed by atoms with E-state index in [1.807, 2.05) is 6.92 Å². The summed E-state index contributed by atoms with van der Waals surface area (Å²) in [4.78, 5) is 0. The van der Waals surface area contributed by atoms with Crippen molar-refractivity contribution in [2.45, 2.75) is 39.0 Å². The molecule has 0 amide bonds. The lowest BCUT2D eigenvalue weighted by molar-refractivity contribution is 0.0214. The van der Waals surface area contributed by atoms with Gasteiger partial charge in [0.1, 0.15) is 0 Å². The highest BCUT2D eigenvalue weighted by molar-refractivity contribution is 5.15. The first-order valence-corrected chi connectivity index (χ1v) is 5.54. The largest absolute Gasteiger partial charge is 0.198 e. The van der Waals surface area contributed by atoms with E-state index in [1.54, 1.807) is 0 Å². The normalized spacial score (nSPS) is 42.5. The SMILES string of the molecule is CC(C#N)C1(C#N)CC2CCC1CC2. The van der Waals surface area contributed by atoms with Gasteiger partial charge >= 0.3 is 0 Å². The molecule has 0 heterocycles. The minimum absolute atomic E-state index is 0.0967. The molecule has 0 N–H and O–H groups in total. The van der Waals surface area contributed by atoms with Gasteiger partial charge in [-0.2, -0.15) is 10.5 Å². The average Bonchev–Trinajstić information content (AvgIpc) is 2.29. The van der Waals surface area contributed by atoms with Gasteiger partial charge in [-0.05, 0) is 38.0 Å². The van der Waals surface area contributed by atoms with E-state index in [2.05, 4.69) is 12.1 Å². The maximum absolute atomic E-state index is 9.36. The van der Waals surface area contributed by atoms with Crippen molar-refractivity contribution in [2.24, 2.45) is 23.2 Å². The first-order chi connectivity index (χ1) is 6.73. The third-order valence-corrected chi connectivity index (χ3v) is 4.38. The van der Waals surface area contributed by atoms with Gasteiger partial charge in [0, 0.05) is 0 Å². The van der Waals surface area contributed by atoms with E-state index in [0.29, 0.717) is 5.92 Å². The molecule has 3 saturated carbocycles. The molecule has 2 bridgehead atoms. The van der Waals surface area contributed by atoms with E-state index < -0.39 is 0 Å². The molecule has 0 aromatic carbocycles. The van der Waals surface area contributed by atoms with Crippen LogP contribution in [0.3, 0.4) is 0 Å². The van der Waals surface area contributed by atoms with Gasteiger partial charge in [0.05, 0.1) is 23.5 Å². The molecule has 0 aliphatic heterocycles. The topological polar surface area (TPSA) is 47.6 Å². The molecule has 3 fully saturated rings. The van der Waals surface area contributed by atoms with Crippen LogP contribution in [0.4, 0.5) is 0 Å². The molecule has 2 heteroatoms. The van der Waals surface area contributed by atoms with Crippen LogP contribution in [0.2, 0.25) is 0 Å². The Balaban J connectivity index is 2.30. The molecule has 3 aliphatic rings. The number of nitriles is 2. The lowest BCUT2D eigenvalue weighted by Crippen LogP contribution is -2.44. The smallest absolute Gasteiger partial charge is 0.0759 e. The Morgan fingerprint density at radius 3 is 2.21 bits per heavy atom. The van der Waals surface area contributed by atoms with Crippen molar-refractivity contribution in [3.8, 4) is 12.1 Å². The number of hydrogen-bond acceptors (Lipinski definition) is 2. The van der Waals surface area contributed by atoms with Crippen molar-refractivity contribution in [3.05, 3.63) is 0 Å². The van der Waals surface area contributed by atoms with Gasteiger partial charge in [0.25, 0.3) is 0 Å². The average molecular weight is 188 g/mol. The van der Waals surface area contributed by atoms with Gasteiger partial charge in [0.15, 0.2) is 0 Å². The maximum Gasteiger partial charge on any atom is 0.0759 e. The van der Waals surface area contributed by atoms with Crippen LogP contribution in [-0.4, -0.2) is 0 Å². The molecular weight excluding hydrogens is 172 g/mol. The molecule has 0 aromatic rings. The first kappa shape index (κ1) is 9.53. The minimum Gasteiger partial charge on any atom is -0.198 e. The Bertz CT molecular complexity index is 301. The highest BCUT2D eigenvalue weighted by atomic mass is 14.5.